The van der Waals surface area contributed by atoms with Gasteiger partial charge in [0.05, 0.1) is 82.0 Å². The zero-order valence-electron chi connectivity index (χ0n) is 36.6. The molecule has 0 N–H and O–H groups in total. The lowest BCUT2D eigenvalue weighted by Crippen LogP contribution is -2.47. The summed E-state index contributed by atoms with van der Waals surface area (Å²) in [5.74, 6) is 2.17. The van der Waals surface area contributed by atoms with Crippen LogP contribution in [-0.4, -0.2) is 111 Å². The molecule has 63 heavy (non-hydrogen) atoms. The van der Waals surface area contributed by atoms with Crippen LogP contribution in [0.2, 0.25) is 0 Å². The average Bonchev–Trinajstić information content (AvgIpc) is 4.11. The van der Waals surface area contributed by atoms with Gasteiger partial charge in [-0.3, -0.25) is 24.4 Å². The number of amides is 1. The highest BCUT2D eigenvalue weighted by atomic mass is 79.9. The first-order valence-corrected chi connectivity index (χ1v) is 22.6. The van der Waals surface area contributed by atoms with Crippen molar-refractivity contribution in [1.82, 2.24) is 14.9 Å². The Labute approximate surface area is 379 Å². The van der Waals surface area contributed by atoms with Crippen molar-refractivity contribution in [3.63, 3.8) is 0 Å². The molecular formula is C49H58BrN5O8. The molecule has 14 heteroatoms. The van der Waals surface area contributed by atoms with Crippen LogP contribution >= 0.6 is 15.9 Å². The van der Waals surface area contributed by atoms with Gasteiger partial charge in [0, 0.05) is 54.0 Å². The first kappa shape index (κ1) is 47.3. The third kappa shape index (κ3) is 15.5. The number of rotatable bonds is 25. The van der Waals surface area contributed by atoms with Crippen molar-refractivity contribution in [2.45, 2.75) is 71.8 Å². The number of nitriles is 1. The smallest absolute Gasteiger partial charge is 0.225 e. The fraction of sp³-hybridized carbons (Fsp3) is 0.469. The molecule has 1 aliphatic heterocycles. The quantitative estimate of drug-likeness (QED) is 0.0635. The number of Topliss-reactive ketones (excluding diaryl/α,β-unsaturated/α-hetero) is 2. The van der Waals surface area contributed by atoms with Crippen LogP contribution in [0, 0.1) is 38.0 Å². The Morgan fingerprint density at radius 2 is 1.65 bits per heavy atom. The molecule has 1 atom stereocenters. The standard InChI is InChI=1S/C49H58BrN5O8/c1-34-22-42(10-9-39(34)27-51)55(30-38-4-5-38)31-43(56)11-6-37-7-12-45(13-8-37)62-21-20-60-19-18-59-16-14-49(58)54-15-17-61-46(32-54)33-63-48-23-35(2)47(50)25-40(48)24-44(57)26-41-29-52-36(3)28-53-41/h7-10,12-13,22-23,25,28-29,38,46H,4-6,11,14-21,24,26,30-33H2,1-3H3/t46-/m0/s1. The minimum atomic E-state index is -0.312. The van der Waals surface area contributed by atoms with Crippen molar-refractivity contribution >= 4 is 39.1 Å². The lowest BCUT2D eigenvalue weighted by molar-refractivity contribution is -0.141. The van der Waals surface area contributed by atoms with E-state index in [-0.39, 0.29) is 56.1 Å². The first-order valence-electron chi connectivity index (χ1n) is 21.8. The van der Waals surface area contributed by atoms with E-state index in [1.54, 1.807) is 17.3 Å². The highest BCUT2D eigenvalue weighted by Crippen LogP contribution is 2.32. The number of carbonyl (C=O) groups excluding carboxylic acids is 3. The average molecular weight is 925 g/mol. The molecular weight excluding hydrogens is 866 g/mol. The molecule has 0 unspecified atom stereocenters. The van der Waals surface area contributed by atoms with Crippen LogP contribution in [0.5, 0.6) is 11.5 Å². The maximum absolute atomic E-state index is 13.0. The number of ketones is 2. The van der Waals surface area contributed by atoms with Gasteiger partial charge in [0.25, 0.3) is 0 Å². The van der Waals surface area contributed by atoms with Gasteiger partial charge in [0.15, 0.2) is 5.78 Å². The highest BCUT2D eigenvalue weighted by Gasteiger charge is 2.27. The molecule has 1 saturated carbocycles. The second kappa shape index (κ2) is 24.0. The summed E-state index contributed by atoms with van der Waals surface area (Å²) in [5, 5.41) is 9.31. The molecule has 334 valence electrons. The van der Waals surface area contributed by atoms with Gasteiger partial charge in [-0.2, -0.15) is 5.26 Å². The number of anilines is 1. The second-order valence-electron chi connectivity index (χ2n) is 16.3. The van der Waals surface area contributed by atoms with Gasteiger partial charge in [-0.1, -0.05) is 28.1 Å². The Morgan fingerprint density at radius 3 is 2.38 bits per heavy atom. The Bertz CT molecular complexity index is 2190. The van der Waals surface area contributed by atoms with Gasteiger partial charge in [-0.15, -0.1) is 0 Å². The topological polar surface area (TPSA) is 153 Å². The van der Waals surface area contributed by atoms with Gasteiger partial charge >= 0.3 is 0 Å². The summed E-state index contributed by atoms with van der Waals surface area (Å²) >= 11 is 3.58. The van der Waals surface area contributed by atoms with Crippen LogP contribution in [0.4, 0.5) is 5.69 Å². The van der Waals surface area contributed by atoms with Gasteiger partial charge in [-0.25, -0.2) is 0 Å². The van der Waals surface area contributed by atoms with E-state index in [0.717, 1.165) is 50.4 Å². The fourth-order valence-corrected chi connectivity index (χ4v) is 7.61. The predicted octanol–water partition coefficient (Wildman–Crippen LogP) is 6.92. The number of aromatic nitrogens is 2. The van der Waals surface area contributed by atoms with Gasteiger partial charge < -0.3 is 33.5 Å². The third-order valence-corrected chi connectivity index (χ3v) is 11.9. The minimum absolute atomic E-state index is 0.00283. The van der Waals surface area contributed by atoms with E-state index in [0.29, 0.717) is 88.4 Å². The number of nitrogens with zero attached hydrogens (tertiary/aromatic N) is 5. The van der Waals surface area contributed by atoms with E-state index < -0.39 is 0 Å². The van der Waals surface area contributed by atoms with E-state index in [1.165, 1.54) is 12.8 Å². The number of aryl methyl sites for hydroxylation is 4. The lowest BCUT2D eigenvalue weighted by Gasteiger charge is -2.33. The number of hydrogen-bond donors (Lipinski definition) is 0. The SMILES string of the molecule is Cc1cnc(CC(=O)Cc2cc(Br)c(C)cc2OC[C@@H]2CN(C(=O)CCOCCOCCOc3ccc(CCC(=O)CN(CC4CC4)c4ccc(C#N)c(C)c4)cc3)CCO2)cn1. The van der Waals surface area contributed by atoms with E-state index in [1.807, 2.05) is 75.4 Å². The van der Waals surface area contributed by atoms with Crippen molar-refractivity contribution in [2.24, 2.45) is 5.92 Å². The fourth-order valence-electron chi connectivity index (χ4n) is 7.22. The molecule has 0 spiro atoms. The van der Waals surface area contributed by atoms with E-state index in [9.17, 15) is 19.6 Å². The van der Waals surface area contributed by atoms with Gasteiger partial charge in [0.1, 0.15) is 36.6 Å². The van der Waals surface area contributed by atoms with E-state index in [2.05, 4.69) is 36.9 Å². The normalized spacial score (nSPS) is 14.8. The number of halogens is 1. The largest absolute Gasteiger partial charge is 0.491 e. The van der Waals surface area contributed by atoms with Crippen LogP contribution in [-0.2, 0) is 47.9 Å². The zero-order chi connectivity index (χ0) is 44.6. The molecule has 0 bridgehead atoms. The molecule has 2 heterocycles. The molecule has 2 fully saturated rings. The number of hydrogen-bond acceptors (Lipinski definition) is 12. The number of ether oxygens (including phenoxy) is 5. The number of benzene rings is 3. The molecule has 0 radical (unpaired) electrons. The van der Waals surface area contributed by atoms with E-state index >= 15 is 0 Å². The van der Waals surface area contributed by atoms with Gasteiger partial charge in [0.2, 0.25) is 5.91 Å². The molecule has 1 aromatic heterocycles. The number of morpholine rings is 1. The van der Waals surface area contributed by atoms with Crippen molar-refractivity contribution in [3.05, 3.63) is 111 Å². The summed E-state index contributed by atoms with van der Waals surface area (Å²) in [5.41, 5.74) is 6.84. The summed E-state index contributed by atoms with van der Waals surface area (Å²) in [6.45, 7) is 10.4. The molecule has 1 aliphatic carbocycles. The summed E-state index contributed by atoms with van der Waals surface area (Å²) in [6.07, 6.45) is 7.11. The van der Waals surface area contributed by atoms with Crippen molar-refractivity contribution < 1.29 is 38.1 Å². The second-order valence-corrected chi connectivity index (χ2v) is 17.2. The van der Waals surface area contributed by atoms with Crippen molar-refractivity contribution in [3.8, 4) is 17.6 Å². The summed E-state index contributed by atoms with van der Waals surface area (Å²) < 4.78 is 30.2. The maximum Gasteiger partial charge on any atom is 0.225 e. The first-order chi connectivity index (χ1) is 30.5. The van der Waals surface area contributed by atoms with Crippen LogP contribution in [0.3, 0.4) is 0 Å². The molecule has 4 aromatic rings. The van der Waals surface area contributed by atoms with Crippen LogP contribution in [0.1, 0.15) is 64.9 Å². The Balaban J connectivity index is 0.813. The Morgan fingerprint density at radius 1 is 0.873 bits per heavy atom. The molecule has 3 aromatic carbocycles. The molecule has 13 nitrogen and oxygen atoms in total. The summed E-state index contributed by atoms with van der Waals surface area (Å²) in [6, 6.07) is 19.7. The highest BCUT2D eigenvalue weighted by molar-refractivity contribution is 9.10. The van der Waals surface area contributed by atoms with Crippen molar-refractivity contribution in [1.29, 1.82) is 5.26 Å². The van der Waals surface area contributed by atoms with Gasteiger partial charge in [-0.05, 0) is 105 Å². The zero-order valence-corrected chi connectivity index (χ0v) is 38.2. The predicted molar refractivity (Wildman–Crippen MR) is 242 cm³/mol. The lowest BCUT2D eigenvalue weighted by atomic mass is 10.0. The van der Waals surface area contributed by atoms with E-state index in [4.69, 9.17) is 23.7 Å². The monoisotopic (exact) mass is 923 g/mol. The Kier molecular flexibility index (Phi) is 18.0. The summed E-state index contributed by atoms with van der Waals surface area (Å²) in [4.78, 5) is 51.5. The molecule has 2 aliphatic rings. The third-order valence-electron chi connectivity index (χ3n) is 11.0. The Hall–Kier alpha value is -5.20. The molecule has 1 saturated heterocycles. The van der Waals surface area contributed by atoms with Crippen molar-refractivity contribution in [2.75, 3.05) is 77.3 Å². The minimum Gasteiger partial charge on any atom is -0.491 e. The number of carbonyl (C=O) groups is 3. The maximum atomic E-state index is 13.0. The molecule has 6 rings (SSSR count). The summed E-state index contributed by atoms with van der Waals surface area (Å²) in [7, 11) is 0. The van der Waals surface area contributed by atoms with Crippen LogP contribution in [0.15, 0.2) is 71.5 Å². The van der Waals surface area contributed by atoms with Crippen LogP contribution < -0.4 is 14.4 Å². The van der Waals surface area contributed by atoms with Crippen LogP contribution in [0.25, 0.3) is 0 Å². The molecule has 1 amide bonds.